The summed E-state index contributed by atoms with van der Waals surface area (Å²) in [7, 11) is 0. The number of aromatic hydroxyl groups is 2. The third-order valence-electron chi connectivity index (χ3n) is 7.48. The van der Waals surface area contributed by atoms with E-state index in [9.17, 15) is 40.5 Å². The van der Waals surface area contributed by atoms with Crippen LogP contribution in [0, 0.1) is 5.92 Å². The van der Waals surface area contributed by atoms with Crippen molar-refractivity contribution in [3.05, 3.63) is 52.7 Å². The number of ether oxygens (including phenoxy) is 4. The molecule has 10 atom stereocenters. The lowest BCUT2D eigenvalue weighted by molar-refractivity contribution is -0.347. The van der Waals surface area contributed by atoms with E-state index in [-0.39, 0.29) is 28.2 Å². The number of hydrogen-bond acceptors (Lipinski definition) is 13. The number of fused-ring (bicyclic) bond motifs is 1. The van der Waals surface area contributed by atoms with Crippen molar-refractivity contribution >= 4 is 11.0 Å². The molecular weight excluding hydrogens is 544 g/mol. The van der Waals surface area contributed by atoms with Crippen LogP contribution in [0.15, 0.2) is 51.7 Å². The number of hydrogen-bond donors (Lipinski definition) is 7. The first-order valence-corrected chi connectivity index (χ1v) is 13.0. The summed E-state index contributed by atoms with van der Waals surface area (Å²) in [5, 5.41) is 71.3. The van der Waals surface area contributed by atoms with Gasteiger partial charge in [0.1, 0.15) is 64.5 Å². The van der Waals surface area contributed by atoms with Gasteiger partial charge in [0, 0.05) is 29.7 Å². The molecule has 0 radical (unpaired) electrons. The maximum absolute atomic E-state index is 12.8. The predicted octanol–water partition coefficient (Wildman–Crippen LogP) is 0.177. The van der Waals surface area contributed by atoms with Crippen LogP contribution in [0.5, 0.6) is 17.2 Å². The molecular formula is C28H32O13. The normalized spacial score (nSPS) is 34.0. The summed E-state index contributed by atoms with van der Waals surface area (Å²) < 4.78 is 29.1. The first-order chi connectivity index (χ1) is 19.5. The van der Waals surface area contributed by atoms with Gasteiger partial charge in [0.15, 0.2) is 11.7 Å². The van der Waals surface area contributed by atoms with E-state index in [0.29, 0.717) is 5.56 Å². The molecule has 13 nitrogen and oxygen atoms in total. The average molecular weight is 577 g/mol. The van der Waals surface area contributed by atoms with Crippen molar-refractivity contribution in [3.8, 4) is 28.6 Å². The van der Waals surface area contributed by atoms with Gasteiger partial charge in [0.2, 0.25) is 6.29 Å². The van der Waals surface area contributed by atoms with Gasteiger partial charge in [-0.3, -0.25) is 4.79 Å². The van der Waals surface area contributed by atoms with Gasteiger partial charge in [0.05, 0.1) is 18.8 Å². The van der Waals surface area contributed by atoms with Gasteiger partial charge >= 0.3 is 0 Å². The predicted molar refractivity (Wildman–Crippen MR) is 140 cm³/mol. The lowest BCUT2D eigenvalue weighted by Gasteiger charge is -2.46. The molecule has 2 aliphatic rings. The molecule has 13 heteroatoms. The highest BCUT2D eigenvalue weighted by molar-refractivity contribution is 5.86. The third kappa shape index (κ3) is 5.63. The Morgan fingerprint density at radius 3 is 2.24 bits per heavy atom. The summed E-state index contributed by atoms with van der Waals surface area (Å²) in [5.74, 6) is -1.02. The summed E-state index contributed by atoms with van der Waals surface area (Å²) >= 11 is 0. The Labute approximate surface area is 233 Å². The summed E-state index contributed by atoms with van der Waals surface area (Å²) in [4.78, 5) is 12.8. The van der Waals surface area contributed by atoms with Gasteiger partial charge in [-0.05, 0) is 31.2 Å². The Balaban J connectivity index is 1.47. The summed E-state index contributed by atoms with van der Waals surface area (Å²) in [6.07, 6.45) is -11.7. The Morgan fingerprint density at radius 2 is 1.56 bits per heavy atom. The second-order valence-electron chi connectivity index (χ2n) is 10.3. The Morgan fingerprint density at radius 1 is 0.854 bits per heavy atom. The zero-order valence-corrected chi connectivity index (χ0v) is 22.1. The van der Waals surface area contributed by atoms with Crippen LogP contribution in [0.2, 0.25) is 0 Å². The zero-order chi connectivity index (χ0) is 29.6. The van der Waals surface area contributed by atoms with Crippen LogP contribution >= 0.6 is 0 Å². The van der Waals surface area contributed by atoms with E-state index in [1.54, 1.807) is 19.1 Å². The smallest absolute Gasteiger partial charge is 0.227 e. The molecule has 2 fully saturated rings. The fourth-order valence-corrected chi connectivity index (χ4v) is 5.04. The van der Waals surface area contributed by atoms with Crippen LogP contribution in [-0.4, -0.2) is 97.7 Å². The maximum Gasteiger partial charge on any atom is 0.227 e. The molecule has 2 aliphatic heterocycles. The SMILES string of the molecule is CC1O[C@@H](OC2[C@H](Oc3cc(O)c4c(=O)cc(-c5ccc(O)cc5)oc4c3)OC(CO)[C@@H](O)[C@H]2C)C(O)[C@@H](O)[C@@H]1O. The number of phenolic OH excluding ortho intramolecular Hbond substituents is 2. The van der Waals surface area contributed by atoms with Crippen molar-refractivity contribution in [1.29, 1.82) is 0 Å². The van der Waals surface area contributed by atoms with Crippen molar-refractivity contribution < 1.29 is 59.1 Å². The number of aliphatic hydroxyl groups excluding tert-OH is 5. The molecule has 0 spiro atoms. The van der Waals surface area contributed by atoms with Crippen LogP contribution in [0.1, 0.15) is 13.8 Å². The largest absolute Gasteiger partial charge is 0.508 e. The van der Waals surface area contributed by atoms with E-state index < -0.39 is 79.0 Å². The van der Waals surface area contributed by atoms with Gasteiger partial charge in [-0.15, -0.1) is 0 Å². The topological polar surface area (TPSA) is 209 Å². The highest BCUT2D eigenvalue weighted by Gasteiger charge is 2.49. The fraction of sp³-hybridized carbons (Fsp3) is 0.464. The molecule has 2 saturated heterocycles. The highest BCUT2D eigenvalue weighted by Crippen LogP contribution is 2.36. The first kappa shape index (κ1) is 29.2. The van der Waals surface area contributed by atoms with E-state index in [2.05, 4.69) is 0 Å². The second-order valence-corrected chi connectivity index (χ2v) is 10.3. The van der Waals surface area contributed by atoms with E-state index in [1.807, 2.05) is 0 Å². The van der Waals surface area contributed by atoms with Gasteiger partial charge in [-0.2, -0.15) is 0 Å². The Bertz CT molecular complexity index is 1420. The van der Waals surface area contributed by atoms with Crippen LogP contribution < -0.4 is 10.2 Å². The lowest BCUT2D eigenvalue weighted by atomic mass is 9.90. The average Bonchev–Trinajstić information content (AvgIpc) is 2.94. The molecule has 5 rings (SSSR count). The minimum absolute atomic E-state index is 0.0196. The van der Waals surface area contributed by atoms with Crippen molar-refractivity contribution in [2.24, 2.45) is 5.92 Å². The minimum Gasteiger partial charge on any atom is -0.508 e. The van der Waals surface area contributed by atoms with Crippen LogP contribution in [0.3, 0.4) is 0 Å². The molecule has 1 aromatic heterocycles. The Hall–Kier alpha value is -3.27. The molecule has 41 heavy (non-hydrogen) atoms. The van der Waals surface area contributed by atoms with Crippen molar-refractivity contribution in [2.45, 2.75) is 69.2 Å². The highest BCUT2D eigenvalue weighted by atomic mass is 16.7. The number of phenols is 2. The fourth-order valence-electron chi connectivity index (χ4n) is 5.04. The first-order valence-electron chi connectivity index (χ1n) is 13.0. The molecule has 3 aromatic rings. The Kier molecular flexibility index (Phi) is 8.23. The van der Waals surface area contributed by atoms with E-state index in [4.69, 9.17) is 23.4 Å². The quantitative estimate of drug-likeness (QED) is 0.209. The van der Waals surface area contributed by atoms with Crippen LogP contribution in [0.25, 0.3) is 22.3 Å². The molecule has 2 aromatic carbocycles. The van der Waals surface area contributed by atoms with E-state index in [0.717, 1.165) is 6.07 Å². The van der Waals surface area contributed by atoms with Gasteiger partial charge in [-0.25, -0.2) is 0 Å². The van der Waals surface area contributed by atoms with E-state index in [1.165, 1.54) is 31.2 Å². The maximum atomic E-state index is 12.8. The van der Waals surface area contributed by atoms with Crippen LogP contribution in [0.4, 0.5) is 0 Å². The lowest BCUT2D eigenvalue weighted by Crippen LogP contribution is -2.62. The zero-order valence-electron chi connectivity index (χ0n) is 22.1. The van der Waals surface area contributed by atoms with Crippen molar-refractivity contribution in [1.82, 2.24) is 0 Å². The third-order valence-corrected chi connectivity index (χ3v) is 7.48. The van der Waals surface area contributed by atoms with Crippen LogP contribution in [-0.2, 0) is 14.2 Å². The number of rotatable bonds is 6. The number of aliphatic hydroxyl groups is 5. The molecule has 222 valence electrons. The summed E-state index contributed by atoms with van der Waals surface area (Å²) in [6.45, 7) is 2.53. The summed E-state index contributed by atoms with van der Waals surface area (Å²) in [6, 6.07) is 9.68. The molecule has 0 aliphatic carbocycles. The molecule has 3 heterocycles. The van der Waals surface area contributed by atoms with E-state index >= 15 is 0 Å². The summed E-state index contributed by atoms with van der Waals surface area (Å²) in [5.41, 5.74) is -0.0469. The molecule has 0 saturated carbocycles. The molecule has 0 bridgehead atoms. The van der Waals surface area contributed by atoms with Gasteiger partial charge in [0.25, 0.3) is 0 Å². The van der Waals surface area contributed by atoms with Gasteiger partial charge < -0.3 is 59.1 Å². The minimum atomic E-state index is -1.64. The standard InChI is InChI=1S/C28H32O13/c1-11-22(33)20(10-29)40-28(26(11)41-27-25(36)24(35)23(34)12(2)37-27)38-15-7-16(31)21-17(32)9-18(39-19(21)8-15)13-3-5-14(30)6-4-13/h3-9,11-12,20,22-31,33-36H,10H2,1-2H3/t11-,12?,20?,22+,23-,24+,25?,26?,27+,28-/m1/s1. The second kappa shape index (κ2) is 11.5. The number of benzene rings is 2. The molecule has 4 unspecified atom stereocenters. The molecule has 0 amide bonds. The molecule has 7 N–H and O–H groups in total. The van der Waals surface area contributed by atoms with Crippen molar-refractivity contribution in [3.63, 3.8) is 0 Å². The van der Waals surface area contributed by atoms with Crippen molar-refractivity contribution in [2.75, 3.05) is 6.61 Å². The monoisotopic (exact) mass is 576 g/mol. The van der Waals surface area contributed by atoms with Gasteiger partial charge in [-0.1, -0.05) is 6.92 Å².